The first-order valence-corrected chi connectivity index (χ1v) is 8.77. The average Bonchev–Trinajstić information content (AvgIpc) is 2.42. The minimum Gasteiger partial charge on any atom is -0.310 e. The second-order valence-corrected chi connectivity index (χ2v) is 8.57. The summed E-state index contributed by atoms with van der Waals surface area (Å²) in [6, 6.07) is 9.29. The number of hydrogen-bond donors (Lipinski definition) is 1. The van der Waals surface area contributed by atoms with Crippen LogP contribution < -0.4 is 5.32 Å². The van der Waals surface area contributed by atoms with Crippen LogP contribution in [0.2, 0.25) is 0 Å². The maximum Gasteiger partial charge on any atom is 0.0307 e. The van der Waals surface area contributed by atoms with Crippen molar-refractivity contribution in [2.24, 2.45) is 5.41 Å². The SMILES string of the molecule is CCC1(C)CNC(C(C)(C)C)CN1Cc1ccc(Br)cc1. The Morgan fingerprint density at radius 1 is 1.29 bits per heavy atom. The molecule has 0 spiro atoms. The zero-order valence-corrected chi connectivity index (χ0v) is 15.6. The molecule has 0 aromatic heterocycles. The molecular formula is C18H29BrN2. The number of halogens is 1. The summed E-state index contributed by atoms with van der Waals surface area (Å²) in [5.41, 5.74) is 1.94. The van der Waals surface area contributed by atoms with Gasteiger partial charge in [0.15, 0.2) is 0 Å². The molecule has 1 aliphatic rings. The van der Waals surface area contributed by atoms with E-state index in [-0.39, 0.29) is 5.54 Å². The molecule has 2 unspecified atom stereocenters. The van der Waals surface area contributed by atoms with Crippen LogP contribution in [0.4, 0.5) is 0 Å². The predicted molar refractivity (Wildman–Crippen MR) is 94.5 cm³/mol. The van der Waals surface area contributed by atoms with Crippen molar-refractivity contribution in [3.8, 4) is 0 Å². The van der Waals surface area contributed by atoms with Crippen molar-refractivity contribution in [3.63, 3.8) is 0 Å². The molecule has 0 amide bonds. The number of nitrogens with one attached hydrogen (secondary N) is 1. The zero-order chi connectivity index (χ0) is 15.7. The van der Waals surface area contributed by atoms with Crippen molar-refractivity contribution in [3.05, 3.63) is 34.3 Å². The molecule has 118 valence electrons. The first-order valence-electron chi connectivity index (χ1n) is 7.97. The molecule has 2 rings (SSSR count). The Balaban J connectivity index is 2.16. The predicted octanol–water partition coefficient (Wildman–Crippen LogP) is 4.44. The first kappa shape index (κ1) is 17.0. The molecule has 1 aromatic carbocycles. The number of benzene rings is 1. The van der Waals surface area contributed by atoms with Crippen molar-refractivity contribution in [1.82, 2.24) is 10.2 Å². The van der Waals surface area contributed by atoms with E-state index in [1.54, 1.807) is 0 Å². The summed E-state index contributed by atoms with van der Waals surface area (Å²) in [4.78, 5) is 2.67. The molecule has 1 saturated heterocycles. The van der Waals surface area contributed by atoms with Crippen LogP contribution in [-0.4, -0.2) is 29.6 Å². The van der Waals surface area contributed by atoms with Gasteiger partial charge < -0.3 is 5.32 Å². The van der Waals surface area contributed by atoms with E-state index in [1.807, 2.05) is 0 Å². The number of hydrogen-bond acceptors (Lipinski definition) is 2. The third-order valence-electron chi connectivity index (χ3n) is 4.99. The number of piperazine rings is 1. The molecule has 0 bridgehead atoms. The van der Waals surface area contributed by atoms with Gasteiger partial charge in [0.25, 0.3) is 0 Å². The second-order valence-electron chi connectivity index (χ2n) is 7.66. The summed E-state index contributed by atoms with van der Waals surface area (Å²) in [6.07, 6.45) is 1.17. The van der Waals surface area contributed by atoms with Crippen LogP contribution in [0.3, 0.4) is 0 Å². The molecule has 3 heteroatoms. The van der Waals surface area contributed by atoms with E-state index in [1.165, 1.54) is 12.0 Å². The fourth-order valence-electron chi connectivity index (χ4n) is 2.95. The number of nitrogens with zero attached hydrogens (tertiary/aromatic N) is 1. The smallest absolute Gasteiger partial charge is 0.0307 e. The lowest BCUT2D eigenvalue weighted by Crippen LogP contribution is -2.65. The van der Waals surface area contributed by atoms with Gasteiger partial charge >= 0.3 is 0 Å². The third-order valence-corrected chi connectivity index (χ3v) is 5.52. The quantitative estimate of drug-likeness (QED) is 0.864. The Bertz CT molecular complexity index is 463. The summed E-state index contributed by atoms with van der Waals surface area (Å²) in [5, 5.41) is 3.78. The van der Waals surface area contributed by atoms with Crippen LogP contribution in [0.1, 0.15) is 46.6 Å². The molecule has 1 fully saturated rings. The van der Waals surface area contributed by atoms with Crippen LogP contribution in [0.5, 0.6) is 0 Å². The highest BCUT2D eigenvalue weighted by molar-refractivity contribution is 9.10. The first-order chi connectivity index (χ1) is 9.74. The van der Waals surface area contributed by atoms with Crippen LogP contribution >= 0.6 is 15.9 Å². The Morgan fingerprint density at radius 2 is 1.90 bits per heavy atom. The summed E-state index contributed by atoms with van der Waals surface area (Å²) in [7, 11) is 0. The van der Waals surface area contributed by atoms with E-state index < -0.39 is 0 Å². The van der Waals surface area contributed by atoms with E-state index in [0.717, 1.165) is 24.1 Å². The molecule has 0 radical (unpaired) electrons. The standard InChI is InChI=1S/C18H29BrN2/c1-6-18(5)13-20-16(17(2,3)4)12-21(18)11-14-7-9-15(19)10-8-14/h7-10,16,20H,6,11-13H2,1-5H3. The van der Waals surface area contributed by atoms with Gasteiger partial charge in [-0.3, -0.25) is 4.90 Å². The van der Waals surface area contributed by atoms with Crippen molar-refractivity contribution >= 4 is 15.9 Å². The minimum atomic E-state index is 0.245. The van der Waals surface area contributed by atoms with E-state index >= 15 is 0 Å². The fourth-order valence-corrected chi connectivity index (χ4v) is 3.22. The molecule has 1 aromatic rings. The Labute approximate surface area is 138 Å². The van der Waals surface area contributed by atoms with Gasteiger partial charge in [-0.25, -0.2) is 0 Å². The molecule has 0 aliphatic carbocycles. The summed E-state index contributed by atoms with van der Waals surface area (Å²) < 4.78 is 1.15. The van der Waals surface area contributed by atoms with Crippen molar-refractivity contribution < 1.29 is 0 Å². The fraction of sp³-hybridized carbons (Fsp3) is 0.667. The van der Waals surface area contributed by atoms with Crippen LogP contribution in [-0.2, 0) is 6.54 Å². The summed E-state index contributed by atoms with van der Waals surface area (Å²) in [5.74, 6) is 0. The second kappa shape index (κ2) is 6.39. The van der Waals surface area contributed by atoms with Gasteiger partial charge in [-0.05, 0) is 36.5 Å². The van der Waals surface area contributed by atoms with Crippen molar-refractivity contribution in [2.75, 3.05) is 13.1 Å². The average molecular weight is 353 g/mol. The normalized spacial score (nSPS) is 27.8. The van der Waals surface area contributed by atoms with Crippen molar-refractivity contribution in [1.29, 1.82) is 0 Å². The highest BCUT2D eigenvalue weighted by atomic mass is 79.9. The van der Waals surface area contributed by atoms with E-state index in [9.17, 15) is 0 Å². The topological polar surface area (TPSA) is 15.3 Å². The minimum absolute atomic E-state index is 0.245. The molecule has 2 atom stereocenters. The zero-order valence-electron chi connectivity index (χ0n) is 14.0. The highest BCUT2D eigenvalue weighted by Crippen LogP contribution is 2.30. The maximum atomic E-state index is 3.78. The van der Waals surface area contributed by atoms with Gasteiger partial charge in [0.2, 0.25) is 0 Å². The largest absolute Gasteiger partial charge is 0.310 e. The van der Waals surface area contributed by atoms with Gasteiger partial charge in [0, 0.05) is 35.7 Å². The maximum absolute atomic E-state index is 3.78. The molecular weight excluding hydrogens is 324 g/mol. The molecule has 21 heavy (non-hydrogen) atoms. The Hall–Kier alpha value is -0.380. The summed E-state index contributed by atoms with van der Waals surface area (Å²) >= 11 is 3.52. The highest BCUT2D eigenvalue weighted by Gasteiger charge is 2.39. The van der Waals surface area contributed by atoms with Crippen LogP contribution in [0.25, 0.3) is 0 Å². The van der Waals surface area contributed by atoms with E-state index in [0.29, 0.717) is 11.5 Å². The molecule has 1 heterocycles. The molecule has 2 nitrogen and oxygen atoms in total. The van der Waals surface area contributed by atoms with Gasteiger partial charge in [0.1, 0.15) is 0 Å². The van der Waals surface area contributed by atoms with Gasteiger partial charge in [-0.2, -0.15) is 0 Å². The van der Waals surface area contributed by atoms with Gasteiger partial charge in [-0.1, -0.05) is 55.8 Å². The lowest BCUT2D eigenvalue weighted by atomic mass is 9.81. The molecule has 0 saturated carbocycles. The van der Waals surface area contributed by atoms with Crippen LogP contribution in [0, 0.1) is 5.41 Å². The van der Waals surface area contributed by atoms with Crippen LogP contribution in [0.15, 0.2) is 28.7 Å². The Morgan fingerprint density at radius 3 is 2.43 bits per heavy atom. The van der Waals surface area contributed by atoms with Crippen molar-refractivity contribution in [2.45, 2.75) is 59.2 Å². The molecule has 1 aliphatic heterocycles. The van der Waals surface area contributed by atoms with E-state index in [4.69, 9.17) is 0 Å². The summed E-state index contributed by atoms with van der Waals surface area (Å²) in [6.45, 7) is 14.9. The molecule has 1 N–H and O–H groups in total. The van der Waals surface area contributed by atoms with E-state index in [2.05, 4.69) is 85.0 Å². The lowest BCUT2D eigenvalue weighted by Gasteiger charge is -2.51. The van der Waals surface area contributed by atoms with Gasteiger partial charge in [0.05, 0.1) is 0 Å². The monoisotopic (exact) mass is 352 g/mol. The lowest BCUT2D eigenvalue weighted by molar-refractivity contribution is 0.0157. The number of rotatable bonds is 3. The Kier molecular flexibility index (Phi) is 5.17. The van der Waals surface area contributed by atoms with Gasteiger partial charge in [-0.15, -0.1) is 0 Å². The third kappa shape index (κ3) is 4.08.